The van der Waals surface area contributed by atoms with Crippen molar-refractivity contribution in [1.29, 1.82) is 0 Å². The molecule has 1 N–H and O–H groups in total. The Morgan fingerprint density at radius 2 is 2.00 bits per heavy atom. The molecule has 1 aromatic carbocycles. The van der Waals surface area contributed by atoms with Crippen molar-refractivity contribution >= 4 is 22.5 Å². The van der Waals surface area contributed by atoms with Gasteiger partial charge in [-0.3, -0.25) is 4.79 Å². The van der Waals surface area contributed by atoms with Crippen LogP contribution in [0, 0.1) is 5.92 Å². The van der Waals surface area contributed by atoms with E-state index in [2.05, 4.69) is 31.8 Å². The van der Waals surface area contributed by atoms with Gasteiger partial charge < -0.3 is 14.6 Å². The Morgan fingerprint density at radius 3 is 2.72 bits per heavy atom. The summed E-state index contributed by atoms with van der Waals surface area (Å²) in [6.07, 6.45) is 7.78. The summed E-state index contributed by atoms with van der Waals surface area (Å²) in [5.41, 5.74) is 2.05. The number of anilines is 1. The monoisotopic (exact) mass is 342 g/mol. The molecule has 0 bridgehead atoms. The third-order valence-corrected chi connectivity index (χ3v) is 5.08. The smallest absolute Gasteiger partial charge is 0.253 e. The van der Waals surface area contributed by atoms with Crippen molar-refractivity contribution in [2.24, 2.45) is 5.92 Å². The van der Waals surface area contributed by atoms with Crippen molar-refractivity contribution in [2.75, 3.05) is 11.5 Å². The van der Waals surface area contributed by atoms with Crippen LogP contribution in [0.5, 0.6) is 0 Å². The first-order chi connectivity index (χ1) is 12.0. The topological polar surface area (TPSA) is 45.3 Å². The highest BCUT2D eigenvalue weighted by molar-refractivity contribution is 5.97. The van der Waals surface area contributed by atoms with Crippen LogP contribution in [0.2, 0.25) is 0 Å². The van der Waals surface area contributed by atoms with Gasteiger partial charge in [-0.2, -0.15) is 0 Å². The van der Waals surface area contributed by atoms with Gasteiger partial charge in [0, 0.05) is 28.8 Å². The van der Waals surface area contributed by atoms with E-state index in [4.69, 9.17) is 4.74 Å². The van der Waals surface area contributed by atoms with Gasteiger partial charge in [0.2, 0.25) is 0 Å². The average molecular weight is 342 g/mol. The maximum Gasteiger partial charge on any atom is 0.253 e. The summed E-state index contributed by atoms with van der Waals surface area (Å²) >= 11 is 0. The van der Waals surface area contributed by atoms with Crippen LogP contribution < -0.4 is 4.90 Å². The summed E-state index contributed by atoms with van der Waals surface area (Å²) in [7, 11) is 0. The first kappa shape index (κ1) is 18.0. The Bertz CT molecular complexity index is 701. The normalized spacial score (nSPS) is 16.6. The number of aromatic amines is 1. The molecule has 1 amide bonds. The predicted molar refractivity (Wildman–Crippen MR) is 103 cm³/mol. The van der Waals surface area contributed by atoms with Crippen LogP contribution in [0.25, 0.3) is 10.9 Å². The maximum absolute atomic E-state index is 13.0. The fourth-order valence-corrected chi connectivity index (χ4v) is 3.94. The summed E-state index contributed by atoms with van der Waals surface area (Å²) in [6, 6.07) is 8.37. The SMILES string of the molecule is CC(C)C[C@@H](C)N(C(=O)COC1CCCC1)c1ccc2[nH]ccc2c1. The molecule has 0 spiro atoms. The number of nitrogens with one attached hydrogen (secondary N) is 1. The molecule has 25 heavy (non-hydrogen) atoms. The molecule has 0 radical (unpaired) electrons. The van der Waals surface area contributed by atoms with Crippen LogP contribution >= 0.6 is 0 Å². The molecule has 0 unspecified atom stereocenters. The molecule has 136 valence electrons. The van der Waals surface area contributed by atoms with Crippen molar-refractivity contribution in [3.63, 3.8) is 0 Å². The van der Waals surface area contributed by atoms with E-state index in [1.807, 2.05) is 29.3 Å². The fraction of sp³-hybridized carbons (Fsp3) is 0.571. The van der Waals surface area contributed by atoms with Crippen LogP contribution in [0.15, 0.2) is 30.5 Å². The number of carbonyl (C=O) groups is 1. The average Bonchev–Trinajstić information content (AvgIpc) is 3.23. The van der Waals surface area contributed by atoms with Crippen molar-refractivity contribution in [3.05, 3.63) is 30.5 Å². The van der Waals surface area contributed by atoms with Crippen molar-refractivity contribution < 1.29 is 9.53 Å². The van der Waals surface area contributed by atoms with Crippen LogP contribution in [0.4, 0.5) is 5.69 Å². The third-order valence-electron chi connectivity index (χ3n) is 5.08. The molecule has 1 heterocycles. The predicted octanol–water partition coefficient (Wildman–Crippen LogP) is 4.89. The summed E-state index contributed by atoms with van der Waals surface area (Å²) < 4.78 is 5.90. The van der Waals surface area contributed by atoms with Crippen molar-refractivity contribution in [1.82, 2.24) is 4.98 Å². The Morgan fingerprint density at radius 1 is 1.24 bits per heavy atom. The van der Waals surface area contributed by atoms with E-state index in [9.17, 15) is 4.79 Å². The number of benzene rings is 1. The first-order valence-electron chi connectivity index (χ1n) is 9.55. The van der Waals surface area contributed by atoms with E-state index in [-0.39, 0.29) is 24.7 Å². The zero-order valence-corrected chi connectivity index (χ0v) is 15.6. The Labute approximate surface area is 150 Å². The molecule has 0 aliphatic heterocycles. The van der Waals surface area contributed by atoms with Gasteiger partial charge in [0.15, 0.2) is 0 Å². The molecule has 4 nitrogen and oxygen atoms in total. The number of hydrogen-bond acceptors (Lipinski definition) is 2. The first-order valence-corrected chi connectivity index (χ1v) is 9.55. The second-order valence-electron chi connectivity index (χ2n) is 7.71. The van der Waals surface area contributed by atoms with Gasteiger partial charge in [0.05, 0.1) is 6.10 Å². The Kier molecular flexibility index (Phi) is 5.79. The molecule has 1 aliphatic carbocycles. The lowest BCUT2D eigenvalue weighted by Crippen LogP contribution is -2.42. The fourth-order valence-electron chi connectivity index (χ4n) is 3.94. The third kappa shape index (κ3) is 4.43. The summed E-state index contributed by atoms with van der Waals surface area (Å²) in [6.45, 7) is 6.71. The zero-order chi connectivity index (χ0) is 17.8. The maximum atomic E-state index is 13.0. The highest BCUT2D eigenvalue weighted by Gasteiger charge is 2.25. The van der Waals surface area contributed by atoms with Crippen LogP contribution in [-0.4, -0.2) is 29.6 Å². The van der Waals surface area contributed by atoms with E-state index in [0.717, 1.165) is 35.9 Å². The number of fused-ring (bicyclic) bond motifs is 1. The highest BCUT2D eigenvalue weighted by Crippen LogP contribution is 2.26. The largest absolute Gasteiger partial charge is 0.368 e. The summed E-state index contributed by atoms with van der Waals surface area (Å²) in [5.74, 6) is 0.604. The van der Waals surface area contributed by atoms with E-state index in [0.29, 0.717) is 5.92 Å². The van der Waals surface area contributed by atoms with Gasteiger partial charge in [-0.15, -0.1) is 0 Å². The molecule has 1 atom stereocenters. The highest BCUT2D eigenvalue weighted by atomic mass is 16.5. The van der Waals surface area contributed by atoms with E-state index in [1.54, 1.807) is 0 Å². The Balaban J connectivity index is 1.78. The van der Waals surface area contributed by atoms with Crippen molar-refractivity contribution in [3.8, 4) is 0 Å². The second-order valence-corrected chi connectivity index (χ2v) is 7.71. The lowest BCUT2D eigenvalue weighted by Gasteiger charge is -2.31. The zero-order valence-electron chi connectivity index (χ0n) is 15.6. The van der Waals surface area contributed by atoms with Crippen LogP contribution in [-0.2, 0) is 9.53 Å². The lowest BCUT2D eigenvalue weighted by molar-refractivity contribution is -0.125. The number of H-pyrrole nitrogens is 1. The van der Waals surface area contributed by atoms with Gasteiger partial charge >= 0.3 is 0 Å². The minimum Gasteiger partial charge on any atom is -0.368 e. The number of aromatic nitrogens is 1. The number of nitrogens with zero attached hydrogens (tertiary/aromatic N) is 1. The number of hydrogen-bond donors (Lipinski definition) is 1. The quantitative estimate of drug-likeness (QED) is 0.778. The number of ether oxygens (including phenoxy) is 1. The van der Waals surface area contributed by atoms with Gasteiger partial charge in [0.25, 0.3) is 5.91 Å². The molecule has 1 aromatic heterocycles. The van der Waals surface area contributed by atoms with E-state index < -0.39 is 0 Å². The molecule has 4 heteroatoms. The van der Waals surface area contributed by atoms with Gasteiger partial charge in [-0.05, 0) is 56.4 Å². The van der Waals surface area contributed by atoms with Crippen molar-refractivity contribution in [2.45, 2.75) is 65.0 Å². The number of carbonyl (C=O) groups excluding carboxylic acids is 1. The molecule has 1 saturated carbocycles. The molecule has 1 fully saturated rings. The number of rotatable bonds is 7. The van der Waals surface area contributed by atoms with Gasteiger partial charge in [-0.1, -0.05) is 26.7 Å². The Hall–Kier alpha value is -1.81. The minimum atomic E-state index is 0.0648. The van der Waals surface area contributed by atoms with Gasteiger partial charge in [-0.25, -0.2) is 0 Å². The van der Waals surface area contributed by atoms with Crippen LogP contribution in [0.3, 0.4) is 0 Å². The van der Waals surface area contributed by atoms with Crippen LogP contribution in [0.1, 0.15) is 52.9 Å². The van der Waals surface area contributed by atoms with E-state index >= 15 is 0 Å². The second kappa shape index (κ2) is 8.05. The van der Waals surface area contributed by atoms with E-state index in [1.165, 1.54) is 12.8 Å². The molecular formula is C21H30N2O2. The summed E-state index contributed by atoms with van der Waals surface area (Å²) in [4.78, 5) is 18.1. The molecule has 2 aromatic rings. The number of amides is 1. The molecule has 0 saturated heterocycles. The van der Waals surface area contributed by atoms with Gasteiger partial charge in [0.1, 0.15) is 6.61 Å². The molecule has 1 aliphatic rings. The minimum absolute atomic E-state index is 0.0648. The molecular weight excluding hydrogens is 312 g/mol. The summed E-state index contributed by atoms with van der Waals surface area (Å²) in [5, 5.41) is 1.13. The standard InChI is InChI=1S/C21H30N2O2/c1-15(2)12-16(3)23(21(24)14-25-19-6-4-5-7-19)18-8-9-20-17(13-18)10-11-22-20/h8-11,13,15-16,19,22H,4-7,12,14H2,1-3H3/t16-/m1/s1. The lowest BCUT2D eigenvalue weighted by atomic mass is 10.0. The molecule has 3 rings (SSSR count).